The van der Waals surface area contributed by atoms with Gasteiger partial charge in [-0.1, -0.05) is 6.42 Å². The Bertz CT molecular complexity index is 181. The first-order valence-corrected chi connectivity index (χ1v) is 4.99. The van der Waals surface area contributed by atoms with Crippen LogP contribution < -0.4 is 5.32 Å². The van der Waals surface area contributed by atoms with Gasteiger partial charge in [-0.3, -0.25) is 4.79 Å². The molecule has 76 valence electrons. The highest BCUT2D eigenvalue weighted by atomic mass is 16.4. The van der Waals surface area contributed by atoms with Crippen molar-refractivity contribution in [2.75, 3.05) is 13.1 Å². The summed E-state index contributed by atoms with van der Waals surface area (Å²) in [4.78, 5) is 11.0. The molecule has 1 heterocycles. The minimum absolute atomic E-state index is 0.271. The van der Waals surface area contributed by atoms with E-state index in [9.17, 15) is 4.79 Å². The lowest BCUT2D eigenvalue weighted by Crippen LogP contribution is -2.38. The largest absolute Gasteiger partial charge is 0.481 e. The molecule has 1 aliphatic rings. The van der Waals surface area contributed by atoms with E-state index in [0.29, 0.717) is 0 Å². The van der Waals surface area contributed by atoms with Crippen molar-refractivity contribution in [1.29, 1.82) is 0 Å². The molecule has 1 unspecified atom stereocenters. The van der Waals surface area contributed by atoms with Gasteiger partial charge in [-0.05, 0) is 45.7 Å². The summed E-state index contributed by atoms with van der Waals surface area (Å²) in [7, 11) is 0. The van der Waals surface area contributed by atoms with Crippen LogP contribution in [0.5, 0.6) is 0 Å². The average molecular weight is 185 g/mol. The number of nitrogens with one attached hydrogen (secondary N) is 1. The summed E-state index contributed by atoms with van der Waals surface area (Å²) in [6.45, 7) is 5.53. The third-order valence-electron chi connectivity index (χ3n) is 3.12. The van der Waals surface area contributed by atoms with Crippen LogP contribution in [-0.2, 0) is 4.79 Å². The normalized spacial score (nSPS) is 25.2. The second-order valence-corrected chi connectivity index (χ2v) is 4.42. The van der Waals surface area contributed by atoms with Gasteiger partial charge in [0.05, 0.1) is 5.41 Å². The second-order valence-electron chi connectivity index (χ2n) is 4.42. The van der Waals surface area contributed by atoms with Gasteiger partial charge >= 0.3 is 5.97 Å². The molecule has 0 saturated carbocycles. The van der Waals surface area contributed by atoms with Crippen molar-refractivity contribution in [3.8, 4) is 0 Å². The molecule has 13 heavy (non-hydrogen) atoms. The molecule has 0 aromatic rings. The predicted molar refractivity (Wildman–Crippen MR) is 51.6 cm³/mol. The van der Waals surface area contributed by atoms with E-state index in [1.54, 1.807) is 0 Å². The van der Waals surface area contributed by atoms with E-state index in [0.717, 1.165) is 25.9 Å². The highest BCUT2D eigenvalue weighted by Crippen LogP contribution is 2.31. The van der Waals surface area contributed by atoms with Crippen LogP contribution in [0.3, 0.4) is 0 Å². The average Bonchev–Trinajstić information content (AvgIpc) is 2.31. The Kier molecular flexibility index (Phi) is 3.31. The third kappa shape index (κ3) is 2.44. The molecule has 3 heteroatoms. The summed E-state index contributed by atoms with van der Waals surface area (Å²) >= 11 is 0. The summed E-state index contributed by atoms with van der Waals surface area (Å²) in [5.41, 5.74) is -0.586. The topological polar surface area (TPSA) is 49.3 Å². The van der Waals surface area contributed by atoms with E-state index in [1.165, 1.54) is 6.42 Å². The molecule has 0 amide bonds. The van der Waals surface area contributed by atoms with Crippen LogP contribution in [0.1, 0.15) is 33.1 Å². The van der Waals surface area contributed by atoms with Gasteiger partial charge in [0, 0.05) is 0 Å². The van der Waals surface area contributed by atoms with Crippen LogP contribution in [0.25, 0.3) is 0 Å². The van der Waals surface area contributed by atoms with Crippen LogP contribution in [0.4, 0.5) is 0 Å². The summed E-state index contributed by atoms with van der Waals surface area (Å²) in [6, 6.07) is 0. The molecule has 0 bridgehead atoms. The summed E-state index contributed by atoms with van der Waals surface area (Å²) in [6.07, 6.45) is 3.35. The van der Waals surface area contributed by atoms with Gasteiger partial charge in [-0.2, -0.15) is 0 Å². The molecule has 1 saturated heterocycles. The Morgan fingerprint density at radius 3 is 2.77 bits per heavy atom. The number of carbonyl (C=O) groups is 1. The van der Waals surface area contributed by atoms with Gasteiger partial charge in [0.25, 0.3) is 0 Å². The Balaban J connectivity index is 2.62. The van der Waals surface area contributed by atoms with E-state index in [2.05, 4.69) is 5.32 Å². The van der Waals surface area contributed by atoms with Gasteiger partial charge in [0.15, 0.2) is 0 Å². The molecule has 1 atom stereocenters. The number of hydrogen-bond acceptors (Lipinski definition) is 2. The van der Waals surface area contributed by atoms with Crippen LogP contribution in [0.2, 0.25) is 0 Å². The third-order valence-corrected chi connectivity index (χ3v) is 3.12. The molecule has 2 N–H and O–H groups in total. The van der Waals surface area contributed by atoms with Crippen LogP contribution in [-0.4, -0.2) is 24.2 Å². The molecule has 0 aromatic carbocycles. The zero-order valence-corrected chi connectivity index (χ0v) is 8.47. The lowest BCUT2D eigenvalue weighted by molar-refractivity contribution is -0.150. The van der Waals surface area contributed by atoms with E-state index >= 15 is 0 Å². The molecule has 0 aromatic heterocycles. The molecule has 3 nitrogen and oxygen atoms in total. The number of hydrogen-bond donors (Lipinski definition) is 2. The Labute approximate surface area is 79.5 Å². The zero-order valence-electron chi connectivity index (χ0n) is 8.47. The monoisotopic (exact) mass is 185 g/mol. The maximum absolute atomic E-state index is 11.0. The molecular weight excluding hydrogens is 166 g/mol. The van der Waals surface area contributed by atoms with E-state index < -0.39 is 11.4 Å². The van der Waals surface area contributed by atoms with Crippen molar-refractivity contribution in [3.05, 3.63) is 0 Å². The zero-order chi connectivity index (χ0) is 9.90. The lowest BCUT2D eigenvalue weighted by atomic mass is 9.76. The van der Waals surface area contributed by atoms with Gasteiger partial charge in [0.1, 0.15) is 0 Å². The fraction of sp³-hybridized carbons (Fsp3) is 0.900. The fourth-order valence-electron chi connectivity index (χ4n) is 1.81. The van der Waals surface area contributed by atoms with Crippen molar-refractivity contribution in [2.24, 2.45) is 11.3 Å². The van der Waals surface area contributed by atoms with Crippen LogP contribution >= 0.6 is 0 Å². The molecule has 1 rings (SSSR count). The first-order valence-electron chi connectivity index (χ1n) is 4.99. The van der Waals surface area contributed by atoms with Crippen molar-refractivity contribution < 1.29 is 9.90 Å². The van der Waals surface area contributed by atoms with Crippen LogP contribution in [0, 0.1) is 11.3 Å². The second kappa shape index (κ2) is 4.09. The molecular formula is C10H19NO2. The summed E-state index contributed by atoms with van der Waals surface area (Å²) < 4.78 is 0. The first-order chi connectivity index (χ1) is 6.05. The van der Waals surface area contributed by atoms with E-state index in [-0.39, 0.29) is 5.92 Å². The Hall–Kier alpha value is -0.570. The minimum atomic E-state index is -0.679. The number of rotatable bonds is 2. The van der Waals surface area contributed by atoms with Crippen molar-refractivity contribution in [3.63, 3.8) is 0 Å². The number of carboxylic acid groups (broad SMARTS) is 1. The predicted octanol–water partition coefficient (Wildman–Crippen LogP) is 1.49. The molecule has 1 fully saturated rings. The van der Waals surface area contributed by atoms with Gasteiger partial charge < -0.3 is 10.4 Å². The lowest BCUT2D eigenvalue weighted by Gasteiger charge is -2.29. The van der Waals surface area contributed by atoms with Gasteiger partial charge in [-0.15, -0.1) is 0 Å². The van der Waals surface area contributed by atoms with E-state index in [4.69, 9.17) is 5.11 Å². The van der Waals surface area contributed by atoms with Gasteiger partial charge in [0.2, 0.25) is 0 Å². The van der Waals surface area contributed by atoms with Crippen LogP contribution in [0.15, 0.2) is 0 Å². The van der Waals surface area contributed by atoms with Gasteiger partial charge in [-0.25, -0.2) is 0 Å². The molecule has 0 aliphatic carbocycles. The van der Waals surface area contributed by atoms with Crippen molar-refractivity contribution in [2.45, 2.75) is 33.1 Å². The quantitative estimate of drug-likeness (QED) is 0.685. The standard InChI is InChI=1S/C10H19NO2/c1-10(2,9(12)13)8-5-3-4-6-11-7-8/h8,11H,3-7H2,1-2H3,(H,12,13). The Morgan fingerprint density at radius 2 is 2.15 bits per heavy atom. The summed E-state index contributed by atoms with van der Waals surface area (Å²) in [5.74, 6) is -0.409. The summed E-state index contributed by atoms with van der Waals surface area (Å²) in [5, 5.41) is 12.4. The SMILES string of the molecule is CC(C)(C(=O)O)C1CCCCNC1. The molecule has 1 aliphatic heterocycles. The van der Waals surface area contributed by atoms with E-state index in [1.807, 2.05) is 13.8 Å². The van der Waals surface area contributed by atoms with Crippen molar-refractivity contribution >= 4 is 5.97 Å². The highest BCUT2D eigenvalue weighted by molar-refractivity contribution is 5.74. The molecule has 0 radical (unpaired) electrons. The van der Waals surface area contributed by atoms with Crippen molar-refractivity contribution in [1.82, 2.24) is 5.32 Å². The fourth-order valence-corrected chi connectivity index (χ4v) is 1.81. The minimum Gasteiger partial charge on any atom is -0.481 e. The Morgan fingerprint density at radius 1 is 1.46 bits per heavy atom. The smallest absolute Gasteiger partial charge is 0.309 e. The molecule has 0 spiro atoms. The first kappa shape index (κ1) is 10.5. The maximum atomic E-state index is 11.0. The highest BCUT2D eigenvalue weighted by Gasteiger charge is 2.36. The number of aliphatic carboxylic acids is 1. The maximum Gasteiger partial charge on any atom is 0.309 e. The number of carboxylic acids is 1.